The van der Waals surface area contributed by atoms with Gasteiger partial charge in [-0.15, -0.1) is 11.3 Å². The van der Waals surface area contributed by atoms with E-state index in [2.05, 4.69) is 32.5 Å². The SMILES string of the molecule is C=CC(=O)Nc1cccc(Oc2nc(Nc3ccc(C(=O)NCCCCCCC(=O)NO)cc3)nc3ccsc23)c1. The summed E-state index contributed by atoms with van der Waals surface area (Å²) < 4.78 is 6.86. The van der Waals surface area contributed by atoms with Crippen molar-refractivity contribution in [2.45, 2.75) is 32.1 Å². The summed E-state index contributed by atoms with van der Waals surface area (Å²) in [4.78, 5) is 44.3. The number of thiophene rings is 1. The smallest absolute Gasteiger partial charge is 0.251 e. The minimum absolute atomic E-state index is 0.172. The first kappa shape index (κ1) is 29.2. The minimum atomic E-state index is -0.387. The third-order valence-electron chi connectivity index (χ3n) is 5.92. The zero-order valence-corrected chi connectivity index (χ0v) is 23.0. The van der Waals surface area contributed by atoms with Gasteiger partial charge in [0.05, 0.1) is 5.52 Å². The molecule has 2 heterocycles. The van der Waals surface area contributed by atoms with E-state index in [1.807, 2.05) is 11.4 Å². The van der Waals surface area contributed by atoms with Gasteiger partial charge in [-0.1, -0.05) is 25.5 Å². The van der Waals surface area contributed by atoms with Crippen LogP contribution in [0.25, 0.3) is 10.2 Å². The van der Waals surface area contributed by atoms with Crippen LogP contribution in [0.5, 0.6) is 11.6 Å². The van der Waals surface area contributed by atoms with E-state index < -0.39 is 0 Å². The fourth-order valence-electron chi connectivity index (χ4n) is 3.86. The predicted molar refractivity (Wildman–Crippen MR) is 158 cm³/mol. The fraction of sp³-hybridized carbons (Fsp3) is 0.207. The maximum Gasteiger partial charge on any atom is 0.251 e. The molecule has 0 unspecified atom stereocenters. The van der Waals surface area contributed by atoms with Crippen LogP contribution in [0.2, 0.25) is 0 Å². The molecule has 4 aromatic rings. The van der Waals surface area contributed by atoms with Crippen LogP contribution in [0, 0.1) is 0 Å². The number of benzene rings is 2. The molecular weight excluding hydrogens is 544 g/mol. The van der Waals surface area contributed by atoms with E-state index in [0.717, 1.165) is 24.0 Å². The van der Waals surface area contributed by atoms with Crippen LogP contribution in [0.1, 0.15) is 42.5 Å². The largest absolute Gasteiger partial charge is 0.437 e. The van der Waals surface area contributed by atoms with E-state index >= 15 is 0 Å². The number of rotatable bonds is 14. The molecule has 12 heteroatoms. The Morgan fingerprint density at radius 3 is 2.56 bits per heavy atom. The summed E-state index contributed by atoms with van der Waals surface area (Å²) in [5.41, 5.74) is 4.12. The first-order chi connectivity index (χ1) is 19.9. The summed E-state index contributed by atoms with van der Waals surface area (Å²) in [6.45, 7) is 3.99. The van der Waals surface area contributed by atoms with Gasteiger partial charge in [0.2, 0.25) is 23.6 Å². The van der Waals surface area contributed by atoms with Crippen molar-refractivity contribution in [1.29, 1.82) is 0 Å². The van der Waals surface area contributed by atoms with E-state index in [9.17, 15) is 14.4 Å². The Kier molecular flexibility index (Phi) is 10.3. The molecule has 5 N–H and O–H groups in total. The molecule has 11 nitrogen and oxygen atoms in total. The molecule has 0 bridgehead atoms. The first-order valence-corrected chi connectivity index (χ1v) is 13.9. The molecular formula is C29H30N6O5S. The second-order valence-electron chi connectivity index (χ2n) is 8.97. The van der Waals surface area contributed by atoms with Crippen molar-refractivity contribution < 1.29 is 24.3 Å². The molecule has 0 spiro atoms. The van der Waals surface area contributed by atoms with E-state index in [1.54, 1.807) is 54.0 Å². The van der Waals surface area contributed by atoms with E-state index in [0.29, 0.717) is 53.0 Å². The van der Waals surface area contributed by atoms with Gasteiger partial charge in [0.1, 0.15) is 10.4 Å². The lowest BCUT2D eigenvalue weighted by molar-refractivity contribution is -0.129. The van der Waals surface area contributed by atoms with Crippen LogP contribution in [0.4, 0.5) is 17.3 Å². The Bertz CT molecular complexity index is 1520. The number of aromatic nitrogens is 2. The molecule has 0 fully saturated rings. The highest BCUT2D eigenvalue weighted by atomic mass is 32.1. The van der Waals surface area contributed by atoms with Crippen molar-refractivity contribution in [1.82, 2.24) is 20.8 Å². The Morgan fingerprint density at radius 2 is 1.78 bits per heavy atom. The van der Waals surface area contributed by atoms with Gasteiger partial charge in [0.25, 0.3) is 5.91 Å². The van der Waals surface area contributed by atoms with Crippen molar-refractivity contribution in [2.24, 2.45) is 0 Å². The molecule has 0 aliphatic carbocycles. The highest BCUT2D eigenvalue weighted by molar-refractivity contribution is 7.17. The molecule has 0 aliphatic rings. The standard InChI is InChI=1S/C29H30N6O5S/c1-2-24(36)31-21-8-7-9-22(18-21)40-28-26-23(15-17-41-26)33-29(34-28)32-20-13-11-19(12-14-20)27(38)30-16-6-4-3-5-10-25(37)35-39/h2,7-9,11-15,17-18,39H,1,3-6,10,16H2,(H,30,38)(H,31,36)(H,35,37)(H,32,33,34). The molecule has 2 aromatic carbocycles. The quantitative estimate of drug-likeness (QED) is 0.0569. The van der Waals surface area contributed by atoms with Gasteiger partial charge in [0, 0.05) is 36.0 Å². The van der Waals surface area contributed by atoms with E-state index in [4.69, 9.17) is 9.94 Å². The molecule has 41 heavy (non-hydrogen) atoms. The summed E-state index contributed by atoms with van der Waals surface area (Å²) in [7, 11) is 0. The molecule has 0 saturated carbocycles. The van der Waals surface area contributed by atoms with E-state index in [-0.39, 0.29) is 24.1 Å². The number of nitrogens with zero attached hydrogens (tertiary/aromatic N) is 2. The average Bonchev–Trinajstić information content (AvgIpc) is 3.46. The summed E-state index contributed by atoms with van der Waals surface area (Å²) in [5, 5.41) is 19.2. The molecule has 212 valence electrons. The first-order valence-electron chi connectivity index (χ1n) is 13.0. The predicted octanol–water partition coefficient (Wildman–Crippen LogP) is 5.54. The van der Waals surface area contributed by atoms with Crippen molar-refractivity contribution >= 4 is 56.6 Å². The van der Waals surface area contributed by atoms with Gasteiger partial charge < -0.3 is 20.7 Å². The number of ether oxygens (including phenoxy) is 1. The van der Waals surface area contributed by atoms with Crippen molar-refractivity contribution in [3.8, 4) is 11.6 Å². The highest BCUT2D eigenvalue weighted by Crippen LogP contribution is 2.33. The zero-order valence-electron chi connectivity index (χ0n) is 22.2. The van der Waals surface area contributed by atoms with Gasteiger partial charge >= 0.3 is 0 Å². The normalized spacial score (nSPS) is 10.6. The van der Waals surface area contributed by atoms with Crippen LogP contribution < -0.4 is 26.2 Å². The Labute approximate surface area is 240 Å². The second kappa shape index (κ2) is 14.5. The van der Waals surface area contributed by atoms with Crippen LogP contribution >= 0.6 is 11.3 Å². The number of hydrogen-bond donors (Lipinski definition) is 5. The molecule has 0 saturated heterocycles. The highest BCUT2D eigenvalue weighted by Gasteiger charge is 2.13. The summed E-state index contributed by atoms with van der Waals surface area (Å²) >= 11 is 1.46. The van der Waals surface area contributed by atoms with Gasteiger partial charge in [0.15, 0.2) is 0 Å². The number of carbonyl (C=O) groups is 3. The number of anilines is 3. The summed E-state index contributed by atoms with van der Waals surface area (Å²) in [6.07, 6.45) is 4.69. The fourth-order valence-corrected chi connectivity index (χ4v) is 4.62. The summed E-state index contributed by atoms with van der Waals surface area (Å²) in [6, 6.07) is 15.8. The number of unbranched alkanes of at least 4 members (excludes halogenated alkanes) is 3. The maximum absolute atomic E-state index is 12.5. The second-order valence-corrected chi connectivity index (χ2v) is 9.88. The minimum Gasteiger partial charge on any atom is -0.437 e. The monoisotopic (exact) mass is 574 g/mol. The molecule has 0 atom stereocenters. The zero-order chi connectivity index (χ0) is 29.0. The summed E-state index contributed by atoms with van der Waals surface area (Å²) in [5.74, 6) is 0.314. The van der Waals surface area contributed by atoms with Crippen LogP contribution in [-0.2, 0) is 9.59 Å². The van der Waals surface area contributed by atoms with Crippen LogP contribution in [0.15, 0.2) is 72.6 Å². The third-order valence-corrected chi connectivity index (χ3v) is 6.81. The van der Waals surface area contributed by atoms with Crippen LogP contribution in [-0.4, -0.2) is 39.4 Å². The molecule has 3 amide bonds. The number of hydroxylamine groups is 1. The van der Waals surface area contributed by atoms with Crippen molar-refractivity contribution in [3.05, 3.63) is 78.2 Å². The number of hydrogen-bond acceptors (Lipinski definition) is 9. The molecule has 0 aliphatic heterocycles. The number of amides is 3. The topological polar surface area (TPSA) is 155 Å². The average molecular weight is 575 g/mol. The lowest BCUT2D eigenvalue weighted by Gasteiger charge is -2.11. The Hall–Kier alpha value is -4.81. The lowest BCUT2D eigenvalue weighted by atomic mass is 10.1. The van der Waals surface area contributed by atoms with E-state index in [1.165, 1.54) is 17.4 Å². The molecule has 4 rings (SSSR count). The number of nitrogens with one attached hydrogen (secondary N) is 4. The van der Waals surface area contributed by atoms with Gasteiger partial charge in [-0.2, -0.15) is 4.98 Å². The van der Waals surface area contributed by atoms with Gasteiger partial charge in [-0.3, -0.25) is 19.6 Å². The molecule has 2 aromatic heterocycles. The number of carbonyl (C=O) groups excluding carboxylic acids is 3. The van der Waals surface area contributed by atoms with Crippen LogP contribution in [0.3, 0.4) is 0 Å². The maximum atomic E-state index is 12.5. The Balaban J connectivity index is 1.34. The van der Waals surface area contributed by atoms with Crippen molar-refractivity contribution in [2.75, 3.05) is 17.2 Å². The number of fused-ring (bicyclic) bond motifs is 1. The Morgan fingerprint density at radius 1 is 0.976 bits per heavy atom. The van der Waals surface area contributed by atoms with Gasteiger partial charge in [-0.05, 0) is 66.8 Å². The lowest BCUT2D eigenvalue weighted by Crippen LogP contribution is -2.24. The van der Waals surface area contributed by atoms with Crippen molar-refractivity contribution in [3.63, 3.8) is 0 Å². The van der Waals surface area contributed by atoms with Gasteiger partial charge in [-0.25, -0.2) is 10.5 Å². The molecule has 0 radical (unpaired) electrons. The third kappa shape index (κ3) is 8.59.